The van der Waals surface area contributed by atoms with Gasteiger partial charge >= 0.3 is 17.9 Å². The van der Waals surface area contributed by atoms with Crippen LogP contribution < -0.4 is 0 Å². The van der Waals surface area contributed by atoms with Gasteiger partial charge in [-0.25, -0.2) is 0 Å². The predicted octanol–water partition coefficient (Wildman–Crippen LogP) is -0.145. The summed E-state index contributed by atoms with van der Waals surface area (Å²) in [4.78, 5) is 22.3. The van der Waals surface area contributed by atoms with E-state index < -0.39 is 29.7 Å². The summed E-state index contributed by atoms with van der Waals surface area (Å²) in [7, 11) is 0. The number of ether oxygens (including phenoxy) is 1. The lowest BCUT2D eigenvalue weighted by Crippen LogP contribution is -2.38. The molecule has 3 N–H and O–H groups in total. The van der Waals surface area contributed by atoms with Gasteiger partial charge in [0.1, 0.15) is 0 Å². The van der Waals surface area contributed by atoms with Crippen LogP contribution in [0, 0.1) is 11.8 Å². The van der Waals surface area contributed by atoms with Crippen molar-refractivity contribution in [2.45, 2.75) is 25.7 Å². The smallest absolute Gasteiger partial charge is 0.321 e. The summed E-state index contributed by atoms with van der Waals surface area (Å²) < 4.78 is 4.32. The van der Waals surface area contributed by atoms with Crippen molar-refractivity contribution >= 4 is 11.9 Å². The van der Waals surface area contributed by atoms with E-state index >= 15 is 0 Å². The van der Waals surface area contributed by atoms with Gasteiger partial charge in [0, 0.05) is 6.92 Å². The van der Waals surface area contributed by atoms with Crippen molar-refractivity contribution in [2.75, 3.05) is 0 Å². The summed E-state index contributed by atoms with van der Waals surface area (Å²) in [5.41, 5.74) is 0. The van der Waals surface area contributed by atoms with Crippen LogP contribution in [0.3, 0.4) is 0 Å². The first-order chi connectivity index (χ1) is 7.31. The van der Waals surface area contributed by atoms with Crippen LogP contribution in [0.2, 0.25) is 0 Å². The van der Waals surface area contributed by atoms with Crippen LogP contribution in [0.5, 0.6) is 0 Å². The van der Waals surface area contributed by atoms with Crippen LogP contribution in [0.25, 0.3) is 0 Å². The third kappa shape index (κ3) is 3.32. The average molecular weight is 230 g/mol. The second-order valence-corrected chi connectivity index (χ2v) is 3.83. The van der Waals surface area contributed by atoms with Crippen molar-refractivity contribution in [3.05, 3.63) is 12.2 Å². The molecule has 0 aromatic rings. The van der Waals surface area contributed by atoms with Gasteiger partial charge in [0.05, 0.1) is 11.8 Å². The molecule has 0 saturated heterocycles. The Kier molecular flexibility index (Phi) is 3.66. The molecule has 0 aromatic carbocycles. The Morgan fingerprint density at radius 3 is 2.56 bits per heavy atom. The Morgan fingerprint density at radius 1 is 1.44 bits per heavy atom. The first-order valence-corrected chi connectivity index (χ1v) is 4.88. The Hall–Kier alpha value is -1.40. The molecule has 0 bridgehead atoms. The number of aliphatic hydroxyl groups is 2. The fourth-order valence-corrected chi connectivity index (χ4v) is 1.61. The lowest BCUT2D eigenvalue weighted by atomic mass is 9.84. The maximum Gasteiger partial charge on any atom is 0.321 e. The van der Waals surface area contributed by atoms with Crippen molar-refractivity contribution in [3.63, 3.8) is 0 Å². The van der Waals surface area contributed by atoms with E-state index in [4.69, 9.17) is 15.3 Å². The van der Waals surface area contributed by atoms with Crippen molar-refractivity contribution in [1.82, 2.24) is 0 Å². The summed E-state index contributed by atoms with van der Waals surface area (Å²) in [6, 6.07) is 0. The molecule has 1 aliphatic rings. The maximum atomic E-state index is 11.5. The number of aliphatic carboxylic acids is 1. The van der Waals surface area contributed by atoms with E-state index in [0.717, 1.165) is 6.92 Å². The van der Waals surface area contributed by atoms with Gasteiger partial charge in [-0.05, 0) is 12.8 Å². The van der Waals surface area contributed by atoms with E-state index in [1.807, 2.05) is 0 Å². The van der Waals surface area contributed by atoms with Gasteiger partial charge in [0.25, 0.3) is 0 Å². The maximum absolute atomic E-state index is 11.5. The Balaban J connectivity index is 2.76. The van der Waals surface area contributed by atoms with Crippen LogP contribution in [0.4, 0.5) is 0 Å². The highest BCUT2D eigenvalue weighted by Crippen LogP contribution is 2.27. The summed E-state index contributed by atoms with van der Waals surface area (Å²) in [6.45, 7) is 0.882. The zero-order valence-corrected chi connectivity index (χ0v) is 8.79. The zero-order chi connectivity index (χ0) is 12.3. The topological polar surface area (TPSA) is 104 Å². The number of hydrogen-bond donors (Lipinski definition) is 3. The molecular weight excluding hydrogens is 216 g/mol. The van der Waals surface area contributed by atoms with E-state index in [0.29, 0.717) is 12.8 Å². The van der Waals surface area contributed by atoms with Gasteiger partial charge in [0.15, 0.2) is 0 Å². The first-order valence-electron chi connectivity index (χ1n) is 4.88. The molecule has 6 nitrogen and oxygen atoms in total. The molecule has 90 valence electrons. The lowest BCUT2D eigenvalue weighted by Gasteiger charge is -2.25. The van der Waals surface area contributed by atoms with Gasteiger partial charge in [-0.15, -0.1) is 0 Å². The number of hydrogen-bond acceptors (Lipinski definition) is 5. The van der Waals surface area contributed by atoms with Crippen LogP contribution in [0.1, 0.15) is 19.8 Å². The second kappa shape index (κ2) is 4.63. The number of carboxylic acids is 1. The van der Waals surface area contributed by atoms with Crippen LogP contribution >= 0.6 is 0 Å². The molecule has 1 aliphatic carbocycles. The van der Waals surface area contributed by atoms with E-state index in [1.54, 1.807) is 6.08 Å². The third-order valence-electron chi connectivity index (χ3n) is 2.30. The molecule has 6 heteroatoms. The average Bonchev–Trinajstić information content (AvgIpc) is 2.15. The minimum Gasteiger partial charge on any atom is -0.481 e. The van der Waals surface area contributed by atoms with Crippen LogP contribution in [0.15, 0.2) is 12.2 Å². The van der Waals surface area contributed by atoms with E-state index in [9.17, 15) is 9.59 Å². The summed E-state index contributed by atoms with van der Waals surface area (Å²) in [6.07, 6.45) is 4.02. The lowest BCUT2D eigenvalue weighted by molar-refractivity contribution is -0.309. The van der Waals surface area contributed by atoms with E-state index in [1.165, 1.54) is 6.08 Å². The van der Waals surface area contributed by atoms with Crippen molar-refractivity contribution in [2.24, 2.45) is 11.8 Å². The molecule has 2 atom stereocenters. The Morgan fingerprint density at radius 2 is 2.06 bits per heavy atom. The standard InChI is InChI=1S/C10H14O6/c1-10(14,15)16-9(13)7-5-3-2-4-6(7)8(11)12/h3,5-7,14-15H,2,4H2,1H3,(H,11,12). The Labute approximate surface area is 92.1 Å². The number of esters is 1. The van der Waals surface area contributed by atoms with Crippen LogP contribution in [-0.2, 0) is 14.3 Å². The molecule has 16 heavy (non-hydrogen) atoms. The molecule has 0 saturated carbocycles. The predicted molar refractivity (Wildman–Crippen MR) is 51.9 cm³/mol. The van der Waals surface area contributed by atoms with Crippen molar-refractivity contribution in [3.8, 4) is 0 Å². The molecule has 0 radical (unpaired) electrons. The summed E-state index contributed by atoms with van der Waals surface area (Å²) in [5, 5.41) is 26.7. The minimum atomic E-state index is -2.58. The number of carbonyl (C=O) groups excluding carboxylic acids is 1. The minimum absolute atomic E-state index is 0.333. The number of allylic oxidation sites excluding steroid dienone is 1. The molecular formula is C10H14O6. The van der Waals surface area contributed by atoms with Gasteiger partial charge in [-0.3, -0.25) is 9.59 Å². The van der Waals surface area contributed by atoms with E-state index in [2.05, 4.69) is 4.74 Å². The van der Waals surface area contributed by atoms with Crippen LogP contribution in [-0.4, -0.2) is 33.2 Å². The third-order valence-corrected chi connectivity index (χ3v) is 2.30. The molecule has 1 rings (SSSR count). The monoisotopic (exact) mass is 230 g/mol. The highest BCUT2D eigenvalue weighted by Gasteiger charge is 2.36. The van der Waals surface area contributed by atoms with Crippen molar-refractivity contribution < 1.29 is 29.6 Å². The molecule has 0 aliphatic heterocycles. The molecule has 0 heterocycles. The zero-order valence-electron chi connectivity index (χ0n) is 8.79. The SMILES string of the molecule is CC(O)(O)OC(=O)C1C=CCCC1C(=O)O. The normalized spacial score (nSPS) is 25.2. The molecule has 0 spiro atoms. The van der Waals surface area contributed by atoms with Gasteiger partial charge in [-0.2, -0.15) is 0 Å². The molecule has 0 fully saturated rings. The van der Waals surface area contributed by atoms with Gasteiger partial charge in [-0.1, -0.05) is 12.2 Å². The highest BCUT2D eigenvalue weighted by molar-refractivity contribution is 5.83. The second-order valence-electron chi connectivity index (χ2n) is 3.83. The summed E-state index contributed by atoms with van der Waals surface area (Å²) in [5.74, 6) is -6.46. The van der Waals surface area contributed by atoms with Crippen molar-refractivity contribution in [1.29, 1.82) is 0 Å². The molecule has 2 unspecified atom stereocenters. The fraction of sp³-hybridized carbons (Fsp3) is 0.600. The number of rotatable bonds is 3. The number of carboxylic acid groups (broad SMARTS) is 1. The molecule has 0 amide bonds. The van der Waals surface area contributed by atoms with Gasteiger partial charge < -0.3 is 20.1 Å². The van der Waals surface area contributed by atoms with E-state index in [-0.39, 0.29) is 0 Å². The summed E-state index contributed by atoms with van der Waals surface area (Å²) >= 11 is 0. The van der Waals surface area contributed by atoms with Gasteiger partial charge in [0.2, 0.25) is 0 Å². The quantitative estimate of drug-likeness (QED) is 0.354. The fourth-order valence-electron chi connectivity index (χ4n) is 1.61. The highest BCUT2D eigenvalue weighted by atomic mass is 16.8. The Bertz CT molecular complexity index is 314. The number of carbonyl (C=O) groups is 2. The largest absolute Gasteiger partial charge is 0.481 e. The first kappa shape index (κ1) is 12.7. The molecule has 0 aromatic heterocycles.